The number of halogens is 1. The summed E-state index contributed by atoms with van der Waals surface area (Å²) < 4.78 is 0. The molecule has 90 valence electrons. The molecule has 0 saturated carbocycles. The van der Waals surface area contributed by atoms with Crippen molar-refractivity contribution in [1.82, 2.24) is 0 Å². The third kappa shape index (κ3) is 3.22. The van der Waals surface area contributed by atoms with Crippen molar-refractivity contribution in [3.05, 3.63) is 70.8 Å². The average molecular weight is 259 g/mol. The summed E-state index contributed by atoms with van der Waals surface area (Å²) in [5.74, 6) is -0.0807. The van der Waals surface area contributed by atoms with Gasteiger partial charge in [-0.25, -0.2) is 0 Å². The maximum Gasteiger partial charge on any atom is 0.185 e. The number of phenols is 1. The molecule has 0 spiro atoms. The molecule has 2 rings (SSSR count). The molecule has 3 heteroatoms. The van der Waals surface area contributed by atoms with E-state index in [0.29, 0.717) is 10.6 Å². The number of ketones is 1. The van der Waals surface area contributed by atoms with Crippen molar-refractivity contribution >= 4 is 23.5 Å². The van der Waals surface area contributed by atoms with E-state index in [1.54, 1.807) is 30.3 Å². The van der Waals surface area contributed by atoms with E-state index in [0.717, 1.165) is 5.56 Å². The largest absolute Gasteiger partial charge is 0.508 e. The van der Waals surface area contributed by atoms with Crippen LogP contribution < -0.4 is 0 Å². The maximum absolute atomic E-state index is 11.8. The van der Waals surface area contributed by atoms with Gasteiger partial charge in [0.2, 0.25) is 0 Å². The van der Waals surface area contributed by atoms with E-state index in [4.69, 9.17) is 11.6 Å². The molecular formula is C15H11ClO2. The molecule has 0 heterocycles. The lowest BCUT2D eigenvalue weighted by molar-refractivity contribution is 0.104. The van der Waals surface area contributed by atoms with Crippen molar-refractivity contribution in [3.8, 4) is 5.75 Å². The first kappa shape index (κ1) is 12.4. The summed E-state index contributed by atoms with van der Waals surface area (Å²) >= 11 is 5.85. The summed E-state index contributed by atoms with van der Waals surface area (Å²) in [4.78, 5) is 11.8. The topological polar surface area (TPSA) is 37.3 Å². The van der Waals surface area contributed by atoms with Gasteiger partial charge in [-0.2, -0.15) is 0 Å². The van der Waals surface area contributed by atoms with Crippen molar-refractivity contribution < 1.29 is 9.90 Å². The molecule has 0 fully saturated rings. The van der Waals surface area contributed by atoms with Crippen LogP contribution in [-0.4, -0.2) is 10.9 Å². The molecule has 0 unspecified atom stereocenters. The Kier molecular flexibility index (Phi) is 3.80. The Morgan fingerprint density at radius 3 is 2.61 bits per heavy atom. The minimum absolute atomic E-state index is 0.0806. The van der Waals surface area contributed by atoms with Crippen molar-refractivity contribution in [2.45, 2.75) is 0 Å². The highest BCUT2D eigenvalue weighted by Crippen LogP contribution is 2.14. The Labute approximate surface area is 110 Å². The van der Waals surface area contributed by atoms with Crippen LogP contribution in [0.25, 0.3) is 6.08 Å². The maximum atomic E-state index is 11.8. The van der Waals surface area contributed by atoms with Crippen LogP contribution in [0.2, 0.25) is 5.02 Å². The van der Waals surface area contributed by atoms with Gasteiger partial charge in [-0.05, 0) is 35.9 Å². The second kappa shape index (κ2) is 5.52. The second-order valence-corrected chi connectivity index (χ2v) is 4.24. The van der Waals surface area contributed by atoms with Crippen molar-refractivity contribution in [2.75, 3.05) is 0 Å². The van der Waals surface area contributed by atoms with Gasteiger partial charge in [0.1, 0.15) is 5.75 Å². The molecule has 18 heavy (non-hydrogen) atoms. The Bertz CT molecular complexity index is 603. The third-order valence-electron chi connectivity index (χ3n) is 2.41. The summed E-state index contributed by atoms with van der Waals surface area (Å²) in [5, 5.41) is 9.92. The van der Waals surface area contributed by atoms with Gasteiger partial charge in [-0.1, -0.05) is 41.9 Å². The van der Waals surface area contributed by atoms with Gasteiger partial charge < -0.3 is 5.11 Å². The van der Waals surface area contributed by atoms with Crippen LogP contribution in [0.4, 0.5) is 0 Å². The molecule has 0 amide bonds. The molecule has 0 radical (unpaired) electrons. The molecule has 1 N–H and O–H groups in total. The normalized spacial score (nSPS) is 10.7. The van der Waals surface area contributed by atoms with E-state index < -0.39 is 0 Å². The molecule has 0 aliphatic heterocycles. The van der Waals surface area contributed by atoms with Crippen LogP contribution in [0.15, 0.2) is 54.6 Å². The zero-order chi connectivity index (χ0) is 13.0. The first-order valence-corrected chi connectivity index (χ1v) is 5.80. The first-order chi connectivity index (χ1) is 8.65. The van der Waals surface area contributed by atoms with Crippen LogP contribution in [0.3, 0.4) is 0 Å². The van der Waals surface area contributed by atoms with E-state index in [1.165, 1.54) is 18.2 Å². The SMILES string of the molecule is O=C(/C=C/c1cccc(Cl)c1)c1cccc(O)c1. The minimum atomic E-state index is -0.161. The Morgan fingerprint density at radius 1 is 1.11 bits per heavy atom. The summed E-state index contributed by atoms with van der Waals surface area (Å²) in [6.07, 6.45) is 3.15. The van der Waals surface area contributed by atoms with Gasteiger partial charge in [0.15, 0.2) is 5.78 Å². The number of aromatic hydroxyl groups is 1. The summed E-state index contributed by atoms with van der Waals surface area (Å²) in [5.41, 5.74) is 1.31. The molecule has 0 aliphatic carbocycles. The smallest absolute Gasteiger partial charge is 0.185 e. The van der Waals surface area contributed by atoms with Crippen LogP contribution >= 0.6 is 11.6 Å². The summed E-state index contributed by atoms with van der Waals surface area (Å²) in [6.45, 7) is 0. The lowest BCUT2D eigenvalue weighted by atomic mass is 10.1. The fraction of sp³-hybridized carbons (Fsp3) is 0. The highest BCUT2D eigenvalue weighted by molar-refractivity contribution is 6.30. The summed E-state index contributed by atoms with van der Waals surface area (Å²) in [6, 6.07) is 13.5. The van der Waals surface area contributed by atoms with Crippen molar-refractivity contribution in [3.63, 3.8) is 0 Å². The molecular weight excluding hydrogens is 248 g/mol. The lowest BCUT2D eigenvalue weighted by Gasteiger charge is -1.97. The first-order valence-electron chi connectivity index (χ1n) is 5.42. The monoisotopic (exact) mass is 258 g/mol. The fourth-order valence-corrected chi connectivity index (χ4v) is 1.74. The van der Waals surface area contributed by atoms with E-state index in [1.807, 2.05) is 12.1 Å². The second-order valence-electron chi connectivity index (χ2n) is 3.80. The van der Waals surface area contributed by atoms with Crippen LogP contribution in [0, 0.1) is 0 Å². The van der Waals surface area contributed by atoms with Crippen LogP contribution in [0.5, 0.6) is 5.75 Å². The molecule has 0 bridgehead atoms. The van der Waals surface area contributed by atoms with Gasteiger partial charge in [0, 0.05) is 10.6 Å². The predicted molar refractivity (Wildman–Crippen MR) is 72.9 cm³/mol. The van der Waals surface area contributed by atoms with E-state index in [-0.39, 0.29) is 11.5 Å². The number of benzene rings is 2. The van der Waals surface area contributed by atoms with Gasteiger partial charge in [-0.15, -0.1) is 0 Å². The average Bonchev–Trinajstić information content (AvgIpc) is 2.36. The Morgan fingerprint density at radius 2 is 1.89 bits per heavy atom. The molecule has 0 aliphatic rings. The molecule has 2 nitrogen and oxygen atoms in total. The van der Waals surface area contributed by atoms with Gasteiger partial charge in [-0.3, -0.25) is 4.79 Å². The molecule has 2 aromatic rings. The van der Waals surface area contributed by atoms with Gasteiger partial charge >= 0.3 is 0 Å². The van der Waals surface area contributed by atoms with E-state index in [9.17, 15) is 9.90 Å². The fourth-order valence-electron chi connectivity index (χ4n) is 1.54. The molecule has 0 saturated heterocycles. The number of carbonyl (C=O) groups excluding carboxylic acids is 1. The highest BCUT2D eigenvalue weighted by Gasteiger charge is 2.02. The number of carbonyl (C=O) groups is 1. The quantitative estimate of drug-likeness (QED) is 0.669. The zero-order valence-corrected chi connectivity index (χ0v) is 10.3. The lowest BCUT2D eigenvalue weighted by Crippen LogP contribution is -1.93. The number of hydrogen-bond donors (Lipinski definition) is 1. The third-order valence-corrected chi connectivity index (χ3v) is 2.64. The molecule has 0 aromatic heterocycles. The molecule has 2 aromatic carbocycles. The number of rotatable bonds is 3. The Balaban J connectivity index is 2.17. The highest BCUT2D eigenvalue weighted by atomic mass is 35.5. The zero-order valence-electron chi connectivity index (χ0n) is 9.51. The van der Waals surface area contributed by atoms with Crippen molar-refractivity contribution in [1.29, 1.82) is 0 Å². The number of hydrogen-bond acceptors (Lipinski definition) is 2. The van der Waals surface area contributed by atoms with Gasteiger partial charge in [0.05, 0.1) is 0 Å². The van der Waals surface area contributed by atoms with Crippen LogP contribution in [0.1, 0.15) is 15.9 Å². The molecule has 0 atom stereocenters. The summed E-state index contributed by atoms with van der Waals surface area (Å²) in [7, 11) is 0. The van der Waals surface area contributed by atoms with E-state index in [2.05, 4.69) is 0 Å². The number of allylic oxidation sites excluding steroid dienone is 1. The predicted octanol–water partition coefficient (Wildman–Crippen LogP) is 3.94. The Hall–Kier alpha value is -2.06. The minimum Gasteiger partial charge on any atom is -0.508 e. The van der Waals surface area contributed by atoms with E-state index >= 15 is 0 Å². The number of phenolic OH excluding ortho intramolecular Hbond substituents is 1. The standard InChI is InChI=1S/C15H11ClO2/c16-13-5-1-3-11(9-13)7-8-15(18)12-4-2-6-14(17)10-12/h1-10,17H/b8-7+. The van der Waals surface area contributed by atoms with Gasteiger partial charge in [0.25, 0.3) is 0 Å². The van der Waals surface area contributed by atoms with Crippen LogP contribution in [-0.2, 0) is 0 Å². The van der Waals surface area contributed by atoms with Crippen molar-refractivity contribution in [2.24, 2.45) is 0 Å².